The van der Waals surface area contributed by atoms with Crippen LogP contribution in [0.25, 0.3) is 0 Å². The van der Waals surface area contributed by atoms with E-state index in [1.165, 1.54) is 16.8 Å². The van der Waals surface area contributed by atoms with E-state index >= 15 is 0 Å². The Morgan fingerprint density at radius 3 is 2.13 bits per heavy atom. The van der Waals surface area contributed by atoms with Gasteiger partial charge in [-0.3, -0.25) is 9.69 Å². The zero-order valence-electron chi connectivity index (χ0n) is 18.2. The van der Waals surface area contributed by atoms with E-state index in [2.05, 4.69) is 70.6 Å². The fraction of sp³-hybridized carbons (Fsp3) is 0.296. The first-order valence-electron chi connectivity index (χ1n) is 11.1. The SMILES string of the molecule is Cc1ccccc1N1CCN(CC(=O)N[C@@H](Cc2ccccc2)c2ccccc2)CC1. The van der Waals surface area contributed by atoms with E-state index in [0.29, 0.717) is 6.54 Å². The summed E-state index contributed by atoms with van der Waals surface area (Å²) < 4.78 is 0. The number of carbonyl (C=O) groups excluding carboxylic acids is 1. The third-order valence-electron chi connectivity index (χ3n) is 6.02. The average molecular weight is 414 g/mol. The molecule has 4 rings (SSSR count). The van der Waals surface area contributed by atoms with Crippen molar-refractivity contribution in [1.29, 1.82) is 0 Å². The predicted molar refractivity (Wildman–Crippen MR) is 127 cm³/mol. The van der Waals surface area contributed by atoms with Crippen molar-refractivity contribution in [3.63, 3.8) is 0 Å². The molecule has 0 bridgehead atoms. The molecule has 0 spiro atoms. The average Bonchev–Trinajstić information content (AvgIpc) is 2.81. The van der Waals surface area contributed by atoms with Crippen LogP contribution in [0.15, 0.2) is 84.9 Å². The minimum atomic E-state index is -0.0237. The van der Waals surface area contributed by atoms with E-state index in [0.717, 1.165) is 38.2 Å². The first kappa shape index (κ1) is 21.1. The third kappa shape index (κ3) is 5.74. The molecule has 4 nitrogen and oxygen atoms in total. The van der Waals surface area contributed by atoms with E-state index < -0.39 is 0 Å². The predicted octanol–water partition coefficient (Wildman–Crippen LogP) is 4.22. The van der Waals surface area contributed by atoms with Crippen molar-refractivity contribution in [1.82, 2.24) is 10.2 Å². The van der Waals surface area contributed by atoms with Gasteiger partial charge in [0.25, 0.3) is 0 Å². The van der Waals surface area contributed by atoms with Crippen molar-refractivity contribution in [2.24, 2.45) is 0 Å². The van der Waals surface area contributed by atoms with E-state index in [-0.39, 0.29) is 11.9 Å². The summed E-state index contributed by atoms with van der Waals surface area (Å²) in [6.45, 7) is 6.30. The Hall–Kier alpha value is -3.11. The molecule has 1 saturated heterocycles. The summed E-state index contributed by atoms with van der Waals surface area (Å²) in [6.07, 6.45) is 0.789. The first-order valence-corrected chi connectivity index (χ1v) is 11.1. The number of anilines is 1. The molecule has 3 aromatic carbocycles. The maximum atomic E-state index is 12.9. The highest BCUT2D eigenvalue weighted by Crippen LogP contribution is 2.21. The van der Waals surface area contributed by atoms with Crippen molar-refractivity contribution in [2.45, 2.75) is 19.4 Å². The molecule has 0 saturated carbocycles. The molecule has 1 aliphatic rings. The topological polar surface area (TPSA) is 35.6 Å². The van der Waals surface area contributed by atoms with Crippen LogP contribution < -0.4 is 10.2 Å². The van der Waals surface area contributed by atoms with Gasteiger partial charge in [0, 0.05) is 31.9 Å². The van der Waals surface area contributed by atoms with Crippen LogP contribution in [0.4, 0.5) is 5.69 Å². The zero-order chi connectivity index (χ0) is 21.5. The quantitative estimate of drug-likeness (QED) is 0.630. The highest BCUT2D eigenvalue weighted by molar-refractivity contribution is 5.78. The summed E-state index contributed by atoms with van der Waals surface area (Å²) in [4.78, 5) is 17.6. The number of benzene rings is 3. The normalized spacial score (nSPS) is 15.5. The maximum Gasteiger partial charge on any atom is 0.234 e. The van der Waals surface area contributed by atoms with Gasteiger partial charge in [-0.15, -0.1) is 0 Å². The van der Waals surface area contributed by atoms with Crippen LogP contribution in [0.5, 0.6) is 0 Å². The largest absolute Gasteiger partial charge is 0.369 e. The van der Waals surface area contributed by atoms with Gasteiger partial charge in [0.1, 0.15) is 0 Å². The van der Waals surface area contributed by atoms with Crippen molar-refractivity contribution < 1.29 is 4.79 Å². The van der Waals surface area contributed by atoms with E-state index in [4.69, 9.17) is 0 Å². The van der Waals surface area contributed by atoms with Crippen LogP contribution in [0.2, 0.25) is 0 Å². The van der Waals surface area contributed by atoms with Crippen LogP contribution in [0, 0.1) is 6.92 Å². The number of hydrogen-bond donors (Lipinski definition) is 1. The molecule has 160 valence electrons. The lowest BCUT2D eigenvalue weighted by molar-refractivity contribution is -0.123. The van der Waals surface area contributed by atoms with Crippen LogP contribution in [0.1, 0.15) is 22.7 Å². The third-order valence-corrected chi connectivity index (χ3v) is 6.02. The number of hydrogen-bond acceptors (Lipinski definition) is 3. The second kappa shape index (κ2) is 10.3. The Bertz CT molecular complexity index is 966. The van der Waals surface area contributed by atoms with Gasteiger partial charge in [0.05, 0.1) is 12.6 Å². The Labute approximate surface area is 185 Å². The molecule has 1 N–H and O–H groups in total. The summed E-state index contributed by atoms with van der Waals surface area (Å²) in [6, 6.07) is 29.1. The molecule has 1 heterocycles. The lowest BCUT2D eigenvalue weighted by Crippen LogP contribution is -2.50. The molecule has 3 aromatic rings. The van der Waals surface area contributed by atoms with Gasteiger partial charge in [-0.25, -0.2) is 0 Å². The monoisotopic (exact) mass is 413 g/mol. The molecular weight excluding hydrogens is 382 g/mol. The molecule has 1 aliphatic heterocycles. The fourth-order valence-electron chi connectivity index (χ4n) is 4.30. The number of nitrogens with zero attached hydrogens (tertiary/aromatic N) is 2. The van der Waals surface area contributed by atoms with Crippen molar-refractivity contribution in [3.8, 4) is 0 Å². The van der Waals surface area contributed by atoms with Gasteiger partial charge in [0.2, 0.25) is 5.91 Å². The van der Waals surface area contributed by atoms with Gasteiger partial charge >= 0.3 is 0 Å². The standard InChI is InChI=1S/C27H31N3O/c1-22-10-8-9-15-26(22)30-18-16-29(17-19-30)21-27(31)28-25(24-13-6-3-7-14-24)20-23-11-4-2-5-12-23/h2-15,25H,16-21H2,1H3,(H,28,31)/t25-/m0/s1. The molecule has 0 radical (unpaired) electrons. The molecule has 1 atom stereocenters. The van der Waals surface area contributed by atoms with Crippen molar-refractivity contribution in [3.05, 3.63) is 102 Å². The van der Waals surface area contributed by atoms with Crippen molar-refractivity contribution in [2.75, 3.05) is 37.6 Å². The fourth-order valence-corrected chi connectivity index (χ4v) is 4.30. The summed E-state index contributed by atoms with van der Waals surface area (Å²) in [5.74, 6) is 0.0918. The highest BCUT2D eigenvalue weighted by Gasteiger charge is 2.22. The maximum absolute atomic E-state index is 12.9. The highest BCUT2D eigenvalue weighted by atomic mass is 16.2. The molecule has 0 aliphatic carbocycles. The second-order valence-corrected chi connectivity index (χ2v) is 8.27. The molecule has 0 unspecified atom stereocenters. The zero-order valence-corrected chi connectivity index (χ0v) is 18.2. The smallest absolute Gasteiger partial charge is 0.234 e. The molecule has 1 fully saturated rings. The molecule has 31 heavy (non-hydrogen) atoms. The van der Waals surface area contributed by atoms with Crippen LogP contribution in [-0.2, 0) is 11.2 Å². The molecule has 1 amide bonds. The number of rotatable bonds is 7. The number of carbonyl (C=O) groups is 1. The summed E-state index contributed by atoms with van der Waals surface area (Å²) in [7, 11) is 0. The minimum absolute atomic E-state index is 0.0237. The Morgan fingerprint density at radius 2 is 1.45 bits per heavy atom. The summed E-state index contributed by atoms with van der Waals surface area (Å²) in [5.41, 5.74) is 4.98. The first-order chi connectivity index (χ1) is 15.2. The number of aryl methyl sites for hydroxylation is 1. The number of amides is 1. The number of para-hydroxylation sites is 1. The van der Waals surface area contributed by atoms with Crippen molar-refractivity contribution >= 4 is 11.6 Å². The van der Waals surface area contributed by atoms with Crippen LogP contribution in [0.3, 0.4) is 0 Å². The van der Waals surface area contributed by atoms with Gasteiger partial charge in [0.15, 0.2) is 0 Å². The molecule has 0 aromatic heterocycles. The molecular formula is C27H31N3O. The Kier molecular flexibility index (Phi) is 7.00. The second-order valence-electron chi connectivity index (χ2n) is 8.27. The van der Waals surface area contributed by atoms with Gasteiger partial charge in [-0.2, -0.15) is 0 Å². The lowest BCUT2D eigenvalue weighted by atomic mass is 9.99. The van der Waals surface area contributed by atoms with Crippen LogP contribution in [-0.4, -0.2) is 43.5 Å². The van der Waals surface area contributed by atoms with Gasteiger partial charge in [-0.1, -0.05) is 78.9 Å². The number of piperazine rings is 1. The number of nitrogens with one attached hydrogen (secondary N) is 1. The Balaban J connectivity index is 1.34. The minimum Gasteiger partial charge on any atom is -0.369 e. The summed E-state index contributed by atoms with van der Waals surface area (Å²) >= 11 is 0. The van der Waals surface area contributed by atoms with E-state index in [1.54, 1.807) is 0 Å². The van der Waals surface area contributed by atoms with Gasteiger partial charge < -0.3 is 10.2 Å². The summed E-state index contributed by atoms with van der Waals surface area (Å²) in [5, 5.41) is 3.29. The van der Waals surface area contributed by atoms with Gasteiger partial charge in [-0.05, 0) is 36.1 Å². The molecule has 4 heteroatoms. The van der Waals surface area contributed by atoms with E-state index in [1.807, 2.05) is 36.4 Å². The van der Waals surface area contributed by atoms with Crippen LogP contribution >= 0.6 is 0 Å². The Morgan fingerprint density at radius 1 is 0.839 bits per heavy atom. The lowest BCUT2D eigenvalue weighted by Gasteiger charge is -2.36. The van der Waals surface area contributed by atoms with E-state index in [9.17, 15) is 4.79 Å².